The predicted octanol–water partition coefficient (Wildman–Crippen LogP) is 1.35. The van der Waals surface area contributed by atoms with E-state index >= 15 is 0 Å². The van der Waals surface area contributed by atoms with Crippen LogP contribution in [0.15, 0.2) is 52.0 Å². The van der Waals surface area contributed by atoms with Crippen LogP contribution in [0.25, 0.3) is 0 Å². The van der Waals surface area contributed by atoms with E-state index in [1.54, 1.807) is 29.2 Å². The molecule has 0 N–H and O–H groups in total. The van der Waals surface area contributed by atoms with Crippen LogP contribution in [-0.4, -0.2) is 62.0 Å². The van der Waals surface area contributed by atoms with Crippen molar-refractivity contribution in [1.82, 2.24) is 9.80 Å². The summed E-state index contributed by atoms with van der Waals surface area (Å²) in [4.78, 5) is 27.8. The van der Waals surface area contributed by atoms with Crippen LogP contribution in [0.2, 0.25) is 0 Å². The van der Waals surface area contributed by atoms with Crippen molar-refractivity contribution in [1.29, 1.82) is 0 Å². The number of rotatable bonds is 4. The number of aryl methyl sites for hydroxylation is 1. The van der Waals surface area contributed by atoms with E-state index in [0.29, 0.717) is 26.2 Å². The largest absolute Gasteiger partial charge is 0.459 e. The number of piperazine rings is 1. The van der Waals surface area contributed by atoms with Gasteiger partial charge in [0.1, 0.15) is 5.75 Å². The second-order valence-corrected chi connectivity index (χ2v) is 8.21. The fourth-order valence-electron chi connectivity index (χ4n) is 2.80. The topological polar surface area (TPSA) is 87.9 Å². The molecule has 8 heteroatoms. The van der Waals surface area contributed by atoms with Crippen LogP contribution in [-0.2, 0) is 14.6 Å². The Morgan fingerprint density at radius 3 is 2.19 bits per heavy atom. The Kier molecular flexibility index (Phi) is 5.13. The molecule has 2 heterocycles. The number of hydrogen-bond acceptors (Lipinski definition) is 5. The van der Waals surface area contributed by atoms with E-state index in [9.17, 15) is 18.0 Å². The van der Waals surface area contributed by atoms with E-state index in [2.05, 4.69) is 0 Å². The van der Waals surface area contributed by atoms with Crippen LogP contribution in [0.3, 0.4) is 0 Å². The molecule has 26 heavy (non-hydrogen) atoms. The summed E-state index contributed by atoms with van der Waals surface area (Å²) in [5, 5.41) is 0. The van der Waals surface area contributed by atoms with Crippen molar-refractivity contribution in [2.75, 3.05) is 31.9 Å². The molecular weight excluding hydrogens is 356 g/mol. The summed E-state index contributed by atoms with van der Waals surface area (Å²) in [5.74, 6) is -0.987. The highest BCUT2D eigenvalue weighted by atomic mass is 32.2. The summed E-state index contributed by atoms with van der Waals surface area (Å²) in [6, 6.07) is 9.67. The van der Waals surface area contributed by atoms with E-state index in [4.69, 9.17) is 4.42 Å². The molecule has 2 aromatic rings. The number of carbonyl (C=O) groups excluding carboxylic acids is 2. The van der Waals surface area contributed by atoms with Gasteiger partial charge in [-0.3, -0.25) is 9.59 Å². The van der Waals surface area contributed by atoms with Crippen molar-refractivity contribution in [2.24, 2.45) is 0 Å². The normalized spacial score (nSPS) is 15.1. The average Bonchev–Trinajstić information content (AvgIpc) is 3.16. The SMILES string of the molecule is Cc1ccc(S(=O)(=O)CC(=O)N2CCN(C(=O)c3ccco3)CC2)cc1. The van der Waals surface area contributed by atoms with E-state index < -0.39 is 21.5 Å². The molecular formula is C18H20N2O5S. The first-order valence-corrected chi connectivity index (χ1v) is 9.92. The molecule has 1 saturated heterocycles. The molecule has 138 valence electrons. The third kappa shape index (κ3) is 3.96. The monoisotopic (exact) mass is 376 g/mol. The maximum absolute atomic E-state index is 12.4. The van der Waals surface area contributed by atoms with E-state index in [1.165, 1.54) is 23.3 Å². The van der Waals surface area contributed by atoms with Crippen LogP contribution in [0, 0.1) is 6.92 Å². The van der Waals surface area contributed by atoms with Gasteiger partial charge in [-0.25, -0.2) is 8.42 Å². The Balaban J connectivity index is 1.58. The van der Waals surface area contributed by atoms with Gasteiger partial charge in [0.25, 0.3) is 5.91 Å². The minimum atomic E-state index is -3.68. The molecule has 0 atom stereocenters. The first-order valence-electron chi connectivity index (χ1n) is 8.27. The average molecular weight is 376 g/mol. The summed E-state index contributed by atoms with van der Waals surface area (Å²) in [6.45, 7) is 3.15. The molecule has 0 aliphatic carbocycles. The summed E-state index contributed by atoms with van der Waals surface area (Å²) in [6.07, 6.45) is 1.43. The van der Waals surface area contributed by atoms with Gasteiger partial charge >= 0.3 is 0 Å². The highest BCUT2D eigenvalue weighted by Crippen LogP contribution is 2.14. The molecule has 0 saturated carbocycles. The highest BCUT2D eigenvalue weighted by molar-refractivity contribution is 7.92. The van der Waals surface area contributed by atoms with Crippen molar-refractivity contribution in [3.63, 3.8) is 0 Å². The van der Waals surface area contributed by atoms with Crippen molar-refractivity contribution >= 4 is 21.7 Å². The standard InChI is InChI=1S/C18H20N2O5S/c1-14-4-6-15(7-5-14)26(23,24)13-17(21)19-8-10-20(11-9-19)18(22)16-3-2-12-25-16/h2-7,12H,8-11,13H2,1H3. The molecule has 0 radical (unpaired) electrons. The molecule has 0 bridgehead atoms. The van der Waals surface area contributed by atoms with E-state index in [-0.39, 0.29) is 16.6 Å². The van der Waals surface area contributed by atoms with E-state index in [1.807, 2.05) is 6.92 Å². The van der Waals surface area contributed by atoms with Crippen LogP contribution >= 0.6 is 0 Å². The maximum atomic E-state index is 12.4. The van der Waals surface area contributed by atoms with Gasteiger partial charge in [-0.15, -0.1) is 0 Å². The van der Waals surface area contributed by atoms with Crippen LogP contribution < -0.4 is 0 Å². The molecule has 1 aromatic carbocycles. The lowest BCUT2D eigenvalue weighted by atomic mass is 10.2. The number of amides is 2. The minimum Gasteiger partial charge on any atom is -0.459 e. The zero-order valence-corrected chi connectivity index (χ0v) is 15.2. The quantitative estimate of drug-likeness (QED) is 0.804. The summed E-state index contributed by atoms with van der Waals surface area (Å²) >= 11 is 0. The molecule has 7 nitrogen and oxygen atoms in total. The Bertz CT molecular complexity index is 880. The van der Waals surface area contributed by atoms with Gasteiger partial charge in [0, 0.05) is 26.2 Å². The molecule has 3 rings (SSSR count). The second kappa shape index (κ2) is 7.33. The molecule has 1 aromatic heterocycles. The molecule has 0 unspecified atom stereocenters. The van der Waals surface area contributed by atoms with E-state index in [0.717, 1.165) is 5.56 Å². The van der Waals surface area contributed by atoms with Gasteiger partial charge in [0.2, 0.25) is 5.91 Å². The Morgan fingerprint density at radius 2 is 1.62 bits per heavy atom. The van der Waals surface area contributed by atoms with Crippen molar-refractivity contribution in [3.8, 4) is 0 Å². The van der Waals surface area contributed by atoms with Crippen molar-refractivity contribution in [3.05, 3.63) is 54.0 Å². The van der Waals surface area contributed by atoms with Gasteiger partial charge in [-0.05, 0) is 31.2 Å². The number of benzene rings is 1. The smallest absolute Gasteiger partial charge is 0.289 e. The molecule has 0 spiro atoms. The fraction of sp³-hybridized carbons (Fsp3) is 0.333. The van der Waals surface area contributed by atoms with Crippen LogP contribution in [0.1, 0.15) is 16.1 Å². The van der Waals surface area contributed by atoms with Gasteiger partial charge in [0.05, 0.1) is 11.2 Å². The minimum absolute atomic E-state index is 0.142. The first kappa shape index (κ1) is 18.2. The Labute approximate surface area is 152 Å². The number of carbonyl (C=O) groups is 2. The van der Waals surface area contributed by atoms with Gasteiger partial charge in [-0.2, -0.15) is 0 Å². The fourth-order valence-corrected chi connectivity index (χ4v) is 4.02. The molecule has 1 fully saturated rings. The lowest BCUT2D eigenvalue weighted by molar-refractivity contribution is -0.129. The lowest BCUT2D eigenvalue weighted by Gasteiger charge is -2.34. The molecule has 2 amide bonds. The number of sulfone groups is 1. The summed E-state index contributed by atoms with van der Waals surface area (Å²) in [5.41, 5.74) is 0.952. The first-order chi connectivity index (χ1) is 12.4. The van der Waals surface area contributed by atoms with Gasteiger partial charge in [0.15, 0.2) is 15.6 Å². The van der Waals surface area contributed by atoms with Crippen molar-refractivity contribution in [2.45, 2.75) is 11.8 Å². The van der Waals surface area contributed by atoms with Crippen LogP contribution in [0.5, 0.6) is 0 Å². The number of hydrogen-bond donors (Lipinski definition) is 0. The number of furan rings is 1. The van der Waals surface area contributed by atoms with Gasteiger partial charge in [-0.1, -0.05) is 17.7 Å². The lowest BCUT2D eigenvalue weighted by Crippen LogP contribution is -2.51. The Hall–Kier alpha value is -2.61. The number of nitrogens with zero attached hydrogens (tertiary/aromatic N) is 2. The second-order valence-electron chi connectivity index (χ2n) is 6.22. The third-order valence-corrected chi connectivity index (χ3v) is 5.96. The zero-order chi connectivity index (χ0) is 18.7. The highest BCUT2D eigenvalue weighted by Gasteiger charge is 2.28. The van der Waals surface area contributed by atoms with Crippen LogP contribution in [0.4, 0.5) is 0 Å². The van der Waals surface area contributed by atoms with Crippen molar-refractivity contribution < 1.29 is 22.4 Å². The van der Waals surface area contributed by atoms with Gasteiger partial charge < -0.3 is 14.2 Å². The summed E-state index contributed by atoms with van der Waals surface area (Å²) in [7, 11) is -3.68. The Morgan fingerprint density at radius 1 is 1.00 bits per heavy atom. The maximum Gasteiger partial charge on any atom is 0.289 e. The summed E-state index contributed by atoms with van der Waals surface area (Å²) < 4.78 is 29.9. The zero-order valence-electron chi connectivity index (χ0n) is 14.4. The molecule has 1 aliphatic heterocycles. The molecule has 1 aliphatic rings. The predicted molar refractivity (Wildman–Crippen MR) is 94.4 cm³/mol. The third-order valence-electron chi connectivity index (χ3n) is 4.35.